The predicted octanol–water partition coefficient (Wildman–Crippen LogP) is 7.80. The average Bonchev–Trinajstić information content (AvgIpc) is 3.23. The zero-order chi connectivity index (χ0) is 26.4. The van der Waals surface area contributed by atoms with Crippen LogP contribution >= 0.6 is 23.1 Å². The Hall–Kier alpha value is -2.12. The van der Waals surface area contributed by atoms with Crippen LogP contribution in [0.15, 0.2) is 34.2 Å². The number of hydrogen-bond donors (Lipinski definition) is 1. The van der Waals surface area contributed by atoms with E-state index in [1.165, 1.54) is 53.4 Å². The molecular weight excluding hydrogens is 498 g/mol. The van der Waals surface area contributed by atoms with Crippen LogP contribution in [-0.2, 0) is 24.2 Å². The molecule has 0 spiro atoms. The number of nitrogens with zero attached hydrogens (tertiary/aromatic N) is 2. The molecular formula is C30H41N3O2S2. The van der Waals surface area contributed by atoms with E-state index in [-0.39, 0.29) is 17.2 Å². The second-order valence-corrected chi connectivity index (χ2v) is 12.8. The van der Waals surface area contributed by atoms with Gasteiger partial charge in [0.1, 0.15) is 4.83 Å². The number of aryl methyl sites for hydroxylation is 1. The van der Waals surface area contributed by atoms with Gasteiger partial charge in [0.15, 0.2) is 5.16 Å². The molecule has 2 aromatic heterocycles. The number of benzene rings is 1. The Bertz CT molecular complexity index is 1260. The SMILES string of the molecule is CCCCCCCCn1c(SCC(=O)Nc2ccc(C(C)C)cc2)nc2sc3c(c2c1=O)CC[C@H](C)C3. The van der Waals surface area contributed by atoms with E-state index in [1.807, 2.05) is 16.7 Å². The number of fused-ring (bicyclic) bond motifs is 3. The lowest BCUT2D eigenvalue weighted by molar-refractivity contribution is -0.113. The van der Waals surface area contributed by atoms with E-state index < -0.39 is 0 Å². The van der Waals surface area contributed by atoms with Crippen molar-refractivity contribution in [2.24, 2.45) is 5.92 Å². The number of anilines is 1. The second-order valence-electron chi connectivity index (χ2n) is 10.8. The lowest BCUT2D eigenvalue weighted by atomic mass is 9.89. The van der Waals surface area contributed by atoms with Crippen molar-refractivity contribution in [2.75, 3.05) is 11.1 Å². The fourth-order valence-electron chi connectivity index (χ4n) is 5.04. The third-order valence-corrected chi connectivity index (χ3v) is 9.43. The van der Waals surface area contributed by atoms with Gasteiger partial charge in [-0.25, -0.2) is 4.98 Å². The molecule has 37 heavy (non-hydrogen) atoms. The Morgan fingerprint density at radius 2 is 1.89 bits per heavy atom. The number of carbonyl (C=O) groups is 1. The van der Waals surface area contributed by atoms with E-state index in [0.29, 0.717) is 23.5 Å². The normalized spacial score (nSPS) is 15.3. The van der Waals surface area contributed by atoms with Crippen LogP contribution in [0.3, 0.4) is 0 Å². The quantitative estimate of drug-likeness (QED) is 0.145. The molecule has 1 aliphatic rings. The van der Waals surface area contributed by atoms with Gasteiger partial charge in [0, 0.05) is 17.1 Å². The lowest BCUT2D eigenvalue weighted by Gasteiger charge is -2.17. The Labute approximate surface area is 229 Å². The molecule has 1 atom stereocenters. The zero-order valence-corrected chi connectivity index (χ0v) is 24.4. The topological polar surface area (TPSA) is 64.0 Å². The summed E-state index contributed by atoms with van der Waals surface area (Å²) in [6.07, 6.45) is 10.1. The summed E-state index contributed by atoms with van der Waals surface area (Å²) in [6.45, 7) is 9.49. The van der Waals surface area contributed by atoms with Crippen LogP contribution in [0.1, 0.15) is 94.6 Å². The van der Waals surface area contributed by atoms with Gasteiger partial charge in [0.05, 0.1) is 11.1 Å². The molecule has 2 heterocycles. The molecule has 1 aromatic carbocycles. The molecule has 1 N–H and O–H groups in total. The number of aromatic nitrogens is 2. The molecule has 0 radical (unpaired) electrons. The average molecular weight is 540 g/mol. The first-order valence-electron chi connectivity index (χ1n) is 13.9. The molecule has 0 bridgehead atoms. The van der Waals surface area contributed by atoms with Crippen molar-refractivity contribution in [2.45, 2.75) is 103 Å². The third-order valence-electron chi connectivity index (χ3n) is 7.31. The van der Waals surface area contributed by atoms with Gasteiger partial charge < -0.3 is 5.32 Å². The zero-order valence-electron chi connectivity index (χ0n) is 22.8. The first-order valence-corrected chi connectivity index (χ1v) is 15.7. The van der Waals surface area contributed by atoms with Gasteiger partial charge in [-0.3, -0.25) is 14.2 Å². The van der Waals surface area contributed by atoms with Crippen molar-refractivity contribution in [3.63, 3.8) is 0 Å². The van der Waals surface area contributed by atoms with E-state index in [9.17, 15) is 9.59 Å². The van der Waals surface area contributed by atoms with Gasteiger partial charge in [-0.2, -0.15) is 0 Å². The second kappa shape index (κ2) is 13.1. The Morgan fingerprint density at radius 1 is 1.16 bits per heavy atom. The summed E-state index contributed by atoms with van der Waals surface area (Å²) >= 11 is 3.06. The van der Waals surface area contributed by atoms with Gasteiger partial charge in [0.2, 0.25) is 5.91 Å². The van der Waals surface area contributed by atoms with E-state index in [1.54, 1.807) is 11.3 Å². The highest BCUT2D eigenvalue weighted by atomic mass is 32.2. The molecule has 3 aromatic rings. The predicted molar refractivity (Wildman–Crippen MR) is 158 cm³/mol. The molecule has 0 aliphatic heterocycles. The van der Waals surface area contributed by atoms with Gasteiger partial charge >= 0.3 is 0 Å². The summed E-state index contributed by atoms with van der Waals surface area (Å²) in [5.74, 6) is 1.25. The minimum Gasteiger partial charge on any atom is -0.325 e. The van der Waals surface area contributed by atoms with Crippen LogP contribution in [0.25, 0.3) is 10.2 Å². The molecule has 7 heteroatoms. The summed E-state index contributed by atoms with van der Waals surface area (Å²) in [7, 11) is 0. The molecule has 200 valence electrons. The number of nitrogens with one attached hydrogen (secondary N) is 1. The van der Waals surface area contributed by atoms with Crippen molar-refractivity contribution >= 4 is 44.9 Å². The van der Waals surface area contributed by atoms with Gasteiger partial charge in [-0.15, -0.1) is 11.3 Å². The first-order chi connectivity index (χ1) is 17.9. The van der Waals surface area contributed by atoms with Crippen molar-refractivity contribution in [3.8, 4) is 0 Å². The Morgan fingerprint density at radius 3 is 2.62 bits per heavy atom. The molecule has 1 amide bonds. The Kier molecular flexibility index (Phi) is 9.88. The number of amides is 1. The van der Waals surface area contributed by atoms with Gasteiger partial charge in [0.25, 0.3) is 5.56 Å². The third kappa shape index (κ3) is 7.05. The lowest BCUT2D eigenvalue weighted by Crippen LogP contribution is -2.25. The molecule has 0 saturated heterocycles. The van der Waals surface area contributed by atoms with Crippen LogP contribution < -0.4 is 10.9 Å². The maximum atomic E-state index is 13.8. The van der Waals surface area contributed by atoms with Gasteiger partial charge in [-0.05, 0) is 60.8 Å². The van der Waals surface area contributed by atoms with Crippen molar-refractivity contribution in [1.82, 2.24) is 9.55 Å². The number of hydrogen-bond acceptors (Lipinski definition) is 5. The largest absolute Gasteiger partial charge is 0.325 e. The number of thiophene rings is 1. The minimum atomic E-state index is -0.0814. The van der Waals surface area contributed by atoms with Crippen molar-refractivity contribution in [3.05, 3.63) is 50.6 Å². The number of unbranched alkanes of at least 4 members (excludes halogenated alkanes) is 5. The highest BCUT2D eigenvalue weighted by Crippen LogP contribution is 2.36. The van der Waals surface area contributed by atoms with Crippen molar-refractivity contribution in [1.29, 1.82) is 0 Å². The summed E-state index contributed by atoms with van der Waals surface area (Å²) < 4.78 is 1.85. The van der Waals surface area contributed by atoms with Crippen LogP contribution in [0.2, 0.25) is 0 Å². The molecule has 0 fully saturated rings. The van der Waals surface area contributed by atoms with Crippen LogP contribution in [-0.4, -0.2) is 21.2 Å². The van der Waals surface area contributed by atoms with E-state index in [0.717, 1.165) is 48.0 Å². The number of rotatable bonds is 12. The standard InChI is InChI=1S/C30H41N3O2S2/c1-5-6-7-8-9-10-17-33-29(35)27-24-16-11-21(4)18-25(24)37-28(27)32-30(33)36-19-26(34)31-23-14-12-22(13-15-23)20(2)3/h12-15,20-21H,5-11,16-19H2,1-4H3,(H,31,34)/t21-/m0/s1. The van der Waals surface area contributed by atoms with Crippen LogP contribution in [0.5, 0.6) is 0 Å². The molecule has 0 unspecified atom stereocenters. The summed E-state index contributed by atoms with van der Waals surface area (Å²) in [5.41, 5.74) is 3.35. The maximum Gasteiger partial charge on any atom is 0.263 e. The van der Waals surface area contributed by atoms with E-state index in [2.05, 4.69) is 45.1 Å². The number of carbonyl (C=O) groups excluding carboxylic acids is 1. The highest BCUT2D eigenvalue weighted by molar-refractivity contribution is 7.99. The smallest absolute Gasteiger partial charge is 0.263 e. The monoisotopic (exact) mass is 539 g/mol. The minimum absolute atomic E-state index is 0.0813. The molecule has 1 aliphatic carbocycles. The van der Waals surface area contributed by atoms with Crippen LogP contribution in [0.4, 0.5) is 5.69 Å². The summed E-state index contributed by atoms with van der Waals surface area (Å²) in [5, 5.41) is 4.49. The molecule has 4 rings (SSSR count). The number of thioether (sulfide) groups is 1. The Balaban J connectivity index is 1.51. The highest BCUT2D eigenvalue weighted by Gasteiger charge is 2.25. The van der Waals surface area contributed by atoms with Crippen LogP contribution in [0, 0.1) is 5.92 Å². The van der Waals surface area contributed by atoms with E-state index in [4.69, 9.17) is 4.98 Å². The fraction of sp³-hybridized carbons (Fsp3) is 0.567. The summed E-state index contributed by atoms with van der Waals surface area (Å²) in [6, 6.07) is 8.02. The molecule has 5 nitrogen and oxygen atoms in total. The first kappa shape index (κ1) is 27.9. The van der Waals surface area contributed by atoms with Crippen molar-refractivity contribution < 1.29 is 4.79 Å². The van der Waals surface area contributed by atoms with Gasteiger partial charge in [-0.1, -0.05) is 83.7 Å². The maximum absolute atomic E-state index is 13.8. The fourth-order valence-corrected chi connectivity index (χ4v) is 7.29. The summed E-state index contributed by atoms with van der Waals surface area (Å²) in [4.78, 5) is 33.7. The molecule has 0 saturated carbocycles. The van der Waals surface area contributed by atoms with E-state index >= 15 is 0 Å².